The molecule has 0 atom stereocenters. The second-order valence-electron chi connectivity index (χ2n) is 4.85. The van der Waals surface area contributed by atoms with Gasteiger partial charge in [0.2, 0.25) is 0 Å². The Bertz CT molecular complexity index is 825. The average molecular weight is 289 g/mol. The van der Waals surface area contributed by atoms with Crippen LogP contribution in [0.15, 0.2) is 85.1 Å². The highest BCUT2D eigenvalue weighted by atomic mass is 16.5. The maximum Gasteiger partial charge on any atom is 0.290 e. The van der Waals surface area contributed by atoms with Gasteiger partial charge in [-0.25, -0.2) is 0 Å². The van der Waals surface area contributed by atoms with Gasteiger partial charge in [-0.15, -0.1) is 0 Å². The van der Waals surface area contributed by atoms with Crippen LogP contribution in [0.5, 0.6) is 5.75 Å². The lowest BCUT2D eigenvalue weighted by Gasteiger charge is -2.10. The van der Waals surface area contributed by atoms with E-state index in [0.29, 0.717) is 11.4 Å². The molecule has 3 nitrogen and oxygen atoms in total. The number of fused-ring (bicyclic) bond motifs is 1. The highest BCUT2D eigenvalue weighted by molar-refractivity contribution is 6.02. The third kappa shape index (κ3) is 3.15. The molecule has 3 rings (SSSR count). The van der Waals surface area contributed by atoms with Gasteiger partial charge in [-0.3, -0.25) is 4.79 Å². The quantitative estimate of drug-likeness (QED) is 0.572. The fourth-order valence-corrected chi connectivity index (χ4v) is 2.14. The predicted octanol–water partition coefficient (Wildman–Crippen LogP) is 4.37. The highest BCUT2D eigenvalue weighted by Gasteiger charge is 2.10. The van der Waals surface area contributed by atoms with E-state index in [0.717, 1.165) is 10.8 Å². The Labute approximate surface area is 128 Å². The van der Waals surface area contributed by atoms with E-state index >= 15 is 0 Å². The third-order valence-electron chi connectivity index (χ3n) is 3.25. The lowest BCUT2D eigenvalue weighted by Crippen LogP contribution is -2.17. The van der Waals surface area contributed by atoms with Crippen LogP contribution < -0.4 is 10.1 Å². The molecule has 1 N–H and O–H groups in total. The molecule has 0 saturated carbocycles. The van der Waals surface area contributed by atoms with Crippen molar-refractivity contribution in [3.8, 4) is 5.75 Å². The van der Waals surface area contributed by atoms with Crippen molar-refractivity contribution < 1.29 is 9.53 Å². The Morgan fingerprint density at radius 1 is 0.864 bits per heavy atom. The lowest BCUT2D eigenvalue weighted by molar-refractivity contribution is -0.114. The lowest BCUT2D eigenvalue weighted by atomic mass is 10.1. The Kier molecular flexibility index (Phi) is 3.88. The van der Waals surface area contributed by atoms with Gasteiger partial charge in [-0.2, -0.15) is 0 Å². The van der Waals surface area contributed by atoms with Gasteiger partial charge in [0.1, 0.15) is 5.75 Å². The zero-order valence-corrected chi connectivity index (χ0v) is 12.0. The first-order valence-corrected chi connectivity index (χ1v) is 6.94. The SMILES string of the molecule is C=C(Oc1ccc2ccccc2c1)C(=O)Nc1ccccc1. The molecule has 0 saturated heterocycles. The molecule has 0 bridgehead atoms. The van der Waals surface area contributed by atoms with Gasteiger partial charge < -0.3 is 10.1 Å². The van der Waals surface area contributed by atoms with Gasteiger partial charge in [-0.05, 0) is 35.0 Å². The Balaban J connectivity index is 1.71. The van der Waals surface area contributed by atoms with E-state index in [9.17, 15) is 4.79 Å². The molecule has 3 aromatic carbocycles. The number of carbonyl (C=O) groups is 1. The number of carbonyl (C=O) groups excluding carboxylic acids is 1. The van der Waals surface area contributed by atoms with Crippen LogP contribution in [0.1, 0.15) is 0 Å². The molecule has 22 heavy (non-hydrogen) atoms. The second-order valence-corrected chi connectivity index (χ2v) is 4.85. The number of hydrogen-bond acceptors (Lipinski definition) is 2. The molecular formula is C19H15NO2. The van der Waals surface area contributed by atoms with Crippen molar-refractivity contribution in [2.45, 2.75) is 0 Å². The highest BCUT2D eigenvalue weighted by Crippen LogP contribution is 2.22. The summed E-state index contributed by atoms with van der Waals surface area (Å²) in [6.07, 6.45) is 0. The Morgan fingerprint density at radius 2 is 1.55 bits per heavy atom. The third-order valence-corrected chi connectivity index (χ3v) is 3.25. The fourth-order valence-electron chi connectivity index (χ4n) is 2.14. The molecule has 0 aromatic heterocycles. The van der Waals surface area contributed by atoms with Crippen molar-refractivity contribution in [3.05, 3.63) is 85.1 Å². The minimum absolute atomic E-state index is 0.0548. The summed E-state index contributed by atoms with van der Waals surface area (Å²) in [6.45, 7) is 3.69. The van der Waals surface area contributed by atoms with Gasteiger partial charge >= 0.3 is 0 Å². The minimum Gasteiger partial charge on any atom is -0.452 e. The summed E-state index contributed by atoms with van der Waals surface area (Å²) in [5.41, 5.74) is 0.704. The number of hydrogen-bond donors (Lipinski definition) is 1. The maximum absolute atomic E-state index is 12.0. The number of amides is 1. The van der Waals surface area contributed by atoms with E-state index in [1.165, 1.54) is 0 Å². The molecule has 0 radical (unpaired) electrons. The minimum atomic E-state index is -0.362. The molecule has 0 unspecified atom stereocenters. The van der Waals surface area contributed by atoms with Crippen LogP contribution >= 0.6 is 0 Å². The molecule has 0 fully saturated rings. The molecule has 3 aromatic rings. The van der Waals surface area contributed by atoms with Crippen molar-refractivity contribution in [3.63, 3.8) is 0 Å². The Hall–Kier alpha value is -3.07. The number of nitrogens with one attached hydrogen (secondary N) is 1. The number of anilines is 1. The van der Waals surface area contributed by atoms with Crippen LogP contribution in [0.2, 0.25) is 0 Å². The van der Waals surface area contributed by atoms with E-state index in [4.69, 9.17) is 4.74 Å². The molecule has 108 valence electrons. The molecule has 0 aliphatic rings. The van der Waals surface area contributed by atoms with Crippen LogP contribution in [0, 0.1) is 0 Å². The van der Waals surface area contributed by atoms with Gasteiger partial charge in [0.15, 0.2) is 5.76 Å². The second kappa shape index (κ2) is 6.14. The summed E-state index contributed by atoms with van der Waals surface area (Å²) in [6, 6.07) is 22.8. The van der Waals surface area contributed by atoms with Gasteiger partial charge in [0.05, 0.1) is 0 Å². The summed E-state index contributed by atoms with van der Waals surface area (Å²) in [5.74, 6) is 0.283. The summed E-state index contributed by atoms with van der Waals surface area (Å²) < 4.78 is 5.55. The molecule has 0 spiro atoms. The van der Waals surface area contributed by atoms with E-state index in [2.05, 4.69) is 11.9 Å². The van der Waals surface area contributed by atoms with Crippen LogP contribution in [0.3, 0.4) is 0 Å². The first kappa shape index (κ1) is 13.9. The van der Waals surface area contributed by atoms with Gasteiger partial charge in [0, 0.05) is 5.69 Å². The summed E-state index contributed by atoms with van der Waals surface area (Å²) in [4.78, 5) is 12.0. The van der Waals surface area contributed by atoms with E-state index < -0.39 is 0 Å². The van der Waals surface area contributed by atoms with Crippen molar-refractivity contribution in [2.75, 3.05) is 5.32 Å². The van der Waals surface area contributed by atoms with Crippen molar-refractivity contribution >= 4 is 22.4 Å². The number of ether oxygens (including phenoxy) is 1. The van der Waals surface area contributed by atoms with Gasteiger partial charge in [0.25, 0.3) is 5.91 Å². The number of benzene rings is 3. The normalized spacial score (nSPS) is 10.2. The standard InChI is InChI=1S/C19H15NO2/c1-14(19(21)20-17-9-3-2-4-10-17)22-18-12-11-15-7-5-6-8-16(15)13-18/h2-13H,1H2,(H,20,21). The van der Waals surface area contributed by atoms with Gasteiger partial charge in [-0.1, -0.05) is 55.1 Å². The van der Waals surface area contributed by atoms with Crippen molar-refractivity contribution in [2.24, 2.45) is 0 Å². The van der Waals surface area contributed by atoms with Crippen molar-refractivity contribution in [1.29, 1.82) is 0 Å². The summed E-state index contributed by atoms with van der Waals surface area (Å²) in [7, 11) is 0. The van der Waals surface area contributed by atoms with Crippen LogP contribution in [-0.4, -0.2) is 5.91 Å². The predicted molar refractivity (Wildman–Crippen MR) is 88.8 cm³/mol. The van der Waals surface area contributed by atoms with E-state index in [1.807, 2.05) is 60.7 Å². The molecule has 0 aliphatic carbocycles. The summed E-state index contributed by atoms with van der Waals surface area (Å²) >= 11 is 0. The number of para-hydroxylation sites is 1. The molecule has 1 amide bonds. The van der Waals surface area contributed by atoms with Crippen molar-refractivity contribution in [1.82, 2.24) is 0 Å². The molecule has 0 heterocycles. The molecular weight excluding hydrogens is 274 g/mol. The zero-order valence-electron chi connectivity index (χ0n) is 12.0. The fraction of sp³-hybridized carbons (Fsp3) is 0. The Morgan fingerprint density at radius 3 is 2.32 bits per heavy atom. The average Bonchev–Trinajstić information content (AvgIpc) is 2.55. The largest absolute Gasteiger partial charge is 0.452 e. The zero-order chi connectivity index (χ0) is 15.4. The molecule has 3 heteroatoms. The van der Waals surface area contributed by atoms with Crippen LogP contribution in [0.4, 0.5) is 5.69 Å². The monoisotopic (exact) mass is 289 g/mol. The topological polar surface area (TPSA) is 38.3 Å². The van der Waals surface area contributed by atoms with E-state index in [-0.39, 0.29) is 11.7 Å². The first-order chi connectivity index (χ1) is 10.7. The first-order valence-electron chi connectivity index (χ1n) is 6.94. The van der Waals surface area contributed by atoms with Crippen LogP contribution in [-0.2, 0) is 4.79 Å². The van der Waals surface area contributed by atoms with Crippen LogP contribution in [0.25, 0.3) is 10.8 Å². The molecule has 0 aliphatic heterocycles. The summed E-state index contributed by atoms with van der Waals surface area (Å²) in [5, 5.41) is 4.91. The number of rotatable bonds is 4. The maximum atomic E-state index is 12.0. The van der Waals surface area contributed by atoms with E-state index in [1.54, 1.807) is 12.1 Å². The smallest absolute Gasteiger partial charge is 0.290 e.